The van der Waals surface area contributed by atoms with Gasteiger partial charge in [0.1, 0.15) is 16.5 Å². The van der Waals surface area contributed by atoms with Crippen LogP contribution in [0.4, 0.5) is 10.1 Å². The highest BCUT2D eigenvalue weighted by Crippen LogP contribution is 2.38. The van der Waals surface area contributed by atoms with Crippen LogP contribution in [0.3, 0.4) is 0 Å². The van der Waals surface area contributed by atoms with E-state index < -0.39 is 10.0 Å². The van der Waals surface area contributed by atoms with Gasteiger partial charge in [-0.2, -0.15) is 0 Å². The van der Waals surface area contributed by atoms with Crippen LogP contribution in [0.1, 0.15) is 30.1 Å². The average molecular weight is 416 g/mol. The zero-order chi connectivity index (χ0) is 20.8. The predicted octanol–water partition coefficient (Wildman–Crippen LogP) is 2.64. The highest BCUT2D eigenvalue weighted by molar-refractivity contribution is 7.89. The maximum atomic E-state index is 13.4. The van der Waals surface area contributed by atoms with Crippen LogP contribution in [0.2, 0.25) is 0 Å². The van der Waals surface area contributed by atoms with Crippen molar-refractivity contribution in [3.63, 3.8) is 0 Å². The van der Waals surface area contributed by atoms with E-state index in [0.29, 0.717) is 29.9 Å². The minimum absolute atomic E-state index is 0.00198. The van der Waals surface area contributed by atoms with Crippen molar-refractivity contribution in [2.45, 2.75) is 36.6 Å². The van der Waals surface area contributed by atoms with E-state index in [4.69, 9.17) is 0 Å². The van der Waals surface area contributed by atoms with Gasteiger partial charge in [-0.05, 0) is 55.5 Å². The molecule has 0 spiro atoms. The Morgan fingerprint density at radius 1 is 1.21 bits per heavy atom. The molecule has 1 aliphatic rings. The lowest BCUT2D eigenvalue weighted by Gasteiger charge is -2.36. The minimum Gasteiger partial charge on any atom is -0.387 e. The van der Waals surface area contributed by atoms with Crippen molar-refractivity contribution < 1.29 is 12.8 Å². The lowest BCUT2D eigenvalue weighted by molar-refractivity contribution is 0.325. The number of aryl methyl sites for hydroxylation is 1. The zero-order valence-corrected chi connectivity index (χ0v) is 16.8. The number of aromatic nitrogens is 2. The number of nitrogens with zero attached hydrogens (tertiary/aromatic N) is 1. The van der Waals surface area contributed by atoms with Gasteiger partial charge in [0.15, 0.2) is 0 Å². The second kappa shape index (κ2) is 7.23. The number of halogens is 1. The summed E-state index contributed by atoms with van der Waals surface area (Å²) in [5.74, 6) is 0.278. The van der Waals surface area contributed by atoms with E-state index in [0.717, 1.165) is 5.56 Å². The molecular weight excluding hydrogens is 395 g/mol. The molecule has 0 amide bonds. The Labute approximate surface area is 167 Å². The number of hydrogen-bond donors (Lipinski definition) is 3. The van der Waals surface area contributed by atoms with Crippen LogP contribution in [0.25, 0.3) is 10.9 Å². The highest BCUT2D eigenvalue weighted by atomic mass is 32.2. The van der Waals surface area contributed by atoms with Gasteiger partial charge in [0.25, 0.3) is 5.56 Å². The van der Waals surface area contributed by atoms with Crippen molar-refractivity contribution in [3.8, 4) is 0 Å². The van der Waals surface area contributed by atoms with Crippen molar-refractivity contribution >= 4 is 26.6 Å². The number of aromatic amines is 1. The average Bonchev–Trinajstić information content (AvgIpc) is 2.63. The topological polar surface area (TPSA) is 104 Å². The van der Waals surface area contributed by atoms with E-state index in [2.05, 4.69) is 20.0 Å². The quantitative estimate of drug-likeness (QED) is 0.593. The molecule has 4 rings (SSSR count). The molecule has 0 saturated heterocycles. The molecule has 1 aromatic heterocycles. The highest BCUT2D eigenvalue weighted by Gasteiger charge is 2.34. The van der Waals surface area contributed by atoms with E-state index in [1.165, 1.54) is 18.2 Å². The molecule has 0 radical (unpaired) electrons. The SMILES string of the molecule is CNc1cc2nc(C)[nH]c(=O)c2cc1S(=O)(=O)NC1CC(c2cccc(F)c2)C1. The van der Waals surface area contributed by atoms with Gasteiger partial charge < -0.3 is 10.3 Å². The molecular formula is C20H21FN4O3S. The molecule has 1 aliphatic carbocycles. The first kappa shape index (κ1) is 19.5. The third kappa shape index (κ3) is 3.75. The van der Waals surface area contributed by atoms with Crippen molar-refractivity contribution in [1.29, 1.82) is 0 Å². The van der Waals surface area contributed by atoms with E-state index in [1.807, 2.05) is 6.07 Å². The van der Waals surface area contributed by atoms with Crippen LogP contribution in [-0.4, -0.2) is 31.5 Å². The summed E-state index contributed by atoms with van der Waals surface area (Å²) in [5, 5.41) is 3.08. The van der Waals surface area contributed by atoms with Gasteiger partial charge in [-0.1, -0.05) is 12.1 Å². The second-order valence-corrected chi connectivity index (χ2v) is 8.99. The lowest BCUT2D eigenvalue weighted by Crippen LogP contribution is -2.43. The second-order valence-electron chi connectivity index (χ2n) is 7.31. The number of hydrogen-bond acceptors (Lipinski definition) is 5. The van der Waals surface area contributed by atoms with Gasteiger partial charge in [0.05, 0.1) is 16.6 Å². The Morgan fingerprint density at radius 2 is 1.97 bits per heavy atom. The summed E-state index contributed by atoms with van der Waals surface area (Å²) in [6.07, 6.45) is 1.18. The number of benzene rings is 2. The summed E-state index contributed by atoms with van der Waals surface area (Å²) in [4.78, 5) is 19.1. The van der Waals surface area contributed by atoms with Crippen molar-refractivity contribution in [2.24, 2.45) is 0 Å². The Bertz CT molecular complexity index is 1250. The van der Waals surface area contributed by atoms with Gasteiger partial charge in [0.2, 0.25) is 10.0 Å². The van der Waals surface area contributed by atoms with Gasteiger partial charge in [-0.25, -0.2) is 22.5 Å². The summed E-state index contributed by atoms with van der Waals surface area (Å²) in [6.45, 7) is 1.66. The van der Waals surface area contributed by atoms with Crippen LogP contribution in [-0.2, 0) is 10.0 Å². The molecule has 0 atom stereocenters. The summed E-state index contributed by atoms with van der Waals surface area (Å²) >= 11 is 0. The summed E-state index contributed by atoms with van der Waals surface area (Å²) in [5.41, 5.74) is 1.27. The van der Waals surface area contributed by atoms with E-state index in [-0.39, 0.29) is 33.6 Å². The fraction of sp³-hybridized carbons (Fsp3) is 0.300. The standard InChI is InChI=1S/C20H21FN4O3S/c1-11-23-17-10-18(22-2)19(9-16(17)20(26)24-11)29(27,28)25-15-7-13(8-15)12-4-3-5-14(21)6-12/h3-6,9-10,13,15,22,25H,7-8H2,1-2H3,(H,23,24,26). The zero-order valence-electron chi connectivity index (χ0n) is 16.0. The van der Waals surface area contributed by atoms with E-state index >= 15 is 0 Å². The number of rotatable bonds is 5. The smallest absolute Gasteiger partial charge is 0.258 e. The number of anilines is 1. The van der Waals surface area contributed by atoms with Crippen molar-refractivity contribution in [1.82, 2.24) is 14.7 Å². The number of sulfonamides is 1. The first-order valence-corrected chi connectivity index (χ1v) is 10.8. The molecule has 3 aromatic rings. The van der Waals surface area contributed by atoms with Gasteiger partial charge in [-0.15, -0.1) is 0 Å². The fourth-order valence-electron chi connectivity index (χ4n) is 3.73. The predicted molar refractivity (Wildman–Crippen MR) is 109 cm³/mol. The number of fused-ring (bicyclic) bond motifs is 1. The Kier molecular flexibility index (Phi) is 4.87. The van der Waals surface area contributed by atoms with Crippen LogP contribution in [0.15, 0.2) is 46.1 Å². The van der Waals surface area contributed by atoms with Crippen molar-refractivity contribution in [3.05, 3.63) is 64.0 Å². The lowest BCUT2D eigenvalue weighted by atomic mass is 9.76. The summed E-state index contributed by atoms with van der Waals surface area (Å²) in [7, 11) is -2.25. The Balaban J connectivity index is 1.59. The maximum Gasteiger partial charge on any atom is 0.258 e. The maximum absolute atomic E-state index is 13.4. The minimum atomic E-state index is -3.86. The number of H-pyrrole nitrogens is 1. The third-order valence-corrected chi connectivity index (χ3v) is 6.82. The normalized spacial score (nSPS) is 19.1. The molecule has 0 bridgehead atoms. The molecule has 152 valence electrons. The third-order valence-electron chi connectivity index (χ3n) is 5.26. The monoisotopic (exact) mass is 416 g/mol. The molecule has 1 fully saturated rings. The summed E-state index contributed by atoms with van der Waals surface area (Å²) < 4.78 is 42.1. The Morgan fingerprint density at radius 3 is 2.66 bits per heavy atom. The molecule has 2 aromatic carbocycles. The molecule has 29 heavy (non-hydrogen) atoms. The van der Waals surface area contributed by atoms with E-state index in [1.54, 1.807) is 26.1 Å². The number of nitrogens with one attached hydrogen (secondary N) is 3. The molecule has 9 heteroatoms. The fourth-order valence-corrected chi connectivity index (χ4v) is 5.21. The van der Waals surface area contributed by atoms with Crippen LogP contribution >= 0.6 is 0 Å². The Hall–Kier alpha value is -2.78. The molecule has 7 nitrogen and oxygen atoms in total. The van der Waals surface area contributed by atoms with Gasteiger partial charge in [-0.3, -0.25) is 4.79 Å². The molecule has 1 heterocycles. The van der Waals surface area contributed by atoms with Gasteiger partial charge in [0, 0.05) is 13.1 Å². The molecule has 3 N–H and O–H groups in total. The van der Waals surface area contributed by atoms with Crippen LogP contribution in [0.5, 0.6) is 0 Å². The largest absolute Gasteiger partial charge is 0.387 e. The first-order valence-electron chi connectivity index (χ1n) is 9.27. The van der Waals surface area contributed by atoms with Crippen molar-refractivity contribution in [2.75, 3.05) is 12.4 Å². The van der Waals surface area contributed by atoms with Crippen LogP contribution in [0, 0.1) is 12.7 Å². The molecule has 0 aliphatic heterocycles. The van der Waals surface area contributed by atoms with Crippen LogP contribution < -0.4 is 15.6 Å². The van der Waals surface area contributed by atoms with Gasteiger partial charge >= 0.3 is 0 Å². The molecule has 1 saturated carbocycles. The van der Waals surface area contributed by atoms with E-state index in [9.17, 15) is 17.6 Å². The first-order chi connectivity index (χ1) is 13.8. The summed E-state index contributed by atoms with van der Waals surface area (Å²) in [6, 6.07) is 9.03. The molecule has 0 unspecified atom stereocenters.